The number of hydrogen-bond donors (Lipinski definition) is 0. The summed E-state index contributed by atoms with van der Waals surface area (Å²) in [6, 6.07) is 3.73. The topological polar surface area (TPSA) is 45.7 Å². The monoisotopic (exact) mass is 297 g/mol. The maximum absolute atomic E-state index is 11.8. The largest absolute Gasteiger partial charge is 0.367 e. The van der Waals surface area contributed by atoms with Crippen molar-refractivity contribution in [2.75, 3.05) is 31.1 Å². The summed E-state index contributed by atoms with van der Waals surface area (Å²) in [5.41, 5.74) is -0.477. The van der Waals surface area contributed by atoms with E-state index in [4.69, 9.17) is 16.4 Å². The predicted octanol–water partition coefficient (Wildman–Crippen LogP) is 2.36. The average Bonchev–Trinajstić information content (AvgIpc) is 2.39. The predicted molar refractivity (Wildman–Crippen MR) is 78.6 cm³/mol. The highest BCUT2D eigenvalue weighted by molar-refractivity contribution is 6.30. The lowest BCUT2D eigenvalue weighted by molar-refractivity contribution is -0.201. The van der Waals surface area contributed by atoms with Gasteiger partial charge in [-0.3, -0.25) is 0 Å². The lowest BCUT2D eigenvalue weighted by Crippen LogP contribution is -2.48. The number of carbonyl (C=O) groups is 1. The van der Waals surface area contributed by atoms with Crippen LogP contribution in [0.3, 0.4) is 0 Å². The number of pyridine rings is 1. The molecule has 1 saturated heterocycles. The second-order valence-electron chi connectivity index (χ2n) is 5.88. The van der Waals surface area contributed by atoms with Gasteiger partial charge < -0.3 is 9.74 Å². The molecule has 0 bridgehead atoms. The summed E-state index contributed by atoms with van der Waals surface area (Å²) in [7, 11) is 0. The SMILES string of the molecule is CC(C)(C)C(=O)ON1CCN(c2ccc(Cl)cn2)CC1. The van der Waals surface area contributed by atoms with Crippen LogP contribution in [0.1, 0.15) is 20.8 Å². The first-order valence-electron chi connectivity index (χ1n) is 6.70. The molecule has 0 amide bonds. The molecule has 6 heteroatoms. The minimum Gasteiger partial charge on any atom is -0.367 e. The second-order valence-corrected chi connectivity index (χ2v) is 6.32. The van der Waals surface area contributed by atoms with E-state index in [0.29, 0.717) is 18.1 Å². The third-order valence-corrected chi connectivity index (χ3v) is 3.32. The third-order valence-electron chi connectivity index (χ3n) is 3.10. The van der Waals surface area contributed by atoms with Gasteiger partial charge in [0, 0.05) is 19.3 Å². The number of carbonyl (C=O) groups excluding carboxylic acids is 1. The second kappa shape index (κ2) is 5.97. The molecule has 1 aliphatic heterocycles. The van der Waals surface area contributed by atoms with E-state index < -0.39 is 5.41 Å². The third kappa shape index (κ3) is 3.84. The standard InChI is InChI=1S/C14H20ClN3O2/c1-14(2,3)13(19)20-18-8-6-17(7-9-18)12-5-4-11(15)10-16-12/h4-5,10H,6-9H2,1-3H3. The molecule has 2 rings (SSSR count). The molecule has 20 heavy (non-hydrogen) atoms. The summed E-state index contributed by atoms with van der Waals surface area (Å²) < 4.78 is 0. The zero-order valence-electron chi connectivity index (χ0n) is 12.1. The Morgan fingerprint density at radius 3 is 2.40 bits per heavy atom. The molecule has 0 unspecified atom stereocenters. The van der Waals surface area contributed by atoms with E-state index in [9.17, 15) is 4.79 Å². The summed E-state index contributed by atoms with van der Waals surface area (Å²) >= 11 is 5.83. The van der Waals surface area contributed by atoms with E-state index in [1.165, 1.54) is 0 Å². The van der Waals surface area contributed by atoms with Crippen LogP contribution in [-0.2, 0) is 9.63 Å². The smallest absolute Gasteiger partial charge is 0.330 e. The summed E-state index contributed by atoms with van der Waals surface area (Å²) in [5, 5.41) is 2.35. The van der Waals surface area contributed by atoms with Gasteiger partial charge >= 0.3 is 5.97 Å². The van der Waals surface area contributed by atoms with Gasteiger partial charge in [0.1, 0.15) is 5.82 Å². The summed E-state index contributed by atoms with van der Waals surface area (Å²) in [5.74, 6) is 0.701. The van der Waals surface area contributed by atoms with Crippen LogP contribution in [0.5, 0.6) is 0 Å². The van der Waals surface area contributed by atoms with E-state index in [-0.39, 0.29) is 5.97 Å². The molecule has 0 atom stereocenters. The minimum atomic E-state index is -0.477. The molecule has 0 saturated carbocycles. The van der Waals surface area contributed by atoms with Crippen molar-refractivity contribution in [3.05, 3.63) is 23.4 Å². The first kappa shape index (κ1) is 15.1. The molecular weight excluding hydrogens is 278 g/mol. The van der Waals surface area contributed by atoms with Crippen molar-refractivity contribution >= 4 is 23.4 Å². The number of hydroxylamine groups is 2. The van der Waals surface area contributed by atoms with E-state index >= 15 is 0 Å². The molecule has 1 fully saturated rings. The number of nitrogens with zero attached hydrogens (tertiary/aromatic N) is 3. The number of rotatable bonds is 2. The summed E-state index contributed by atoms with van der Waals surface area (Å²) in [6.07, 6.45) is 1.64. The number of halogens is 1. The zero-order chi connectivity index (χ0) is 14.8. The Bertz CT molecular complexity index is 462. The normalized spacial score (nSPS) is 17.1. The lowest BCUT2D eigenvalue weighted by Gasteiger charge is -2.35. The van der Waals surface area contributed by atoms with Crippen LogP contribution in [-0.4, -0.2) is 42.2 Å². The molecule has 1 aromatic heterocycles. The van der Waals surface area contributed by atoms with Crippen LogP contribution < -0.4 is 4.90 Å². The molecule has 0 spiro atoms. The van der Waals surface area contributed by atoms with Gasteiger partial charge in [-0.25, -0.2) is 9.78 Å². The van der Waals surface area contributed by atoms with Crippen molar-refractivity contribution in [3.63, 3.8) is 0 Å². The van der Waals surface area contributed by atoms with E-state index in [1.807, 2.05) is 32.9 Å². The molecule has 5 nitrogen and oxygen atoms in total. The summed E-state index contributed by atoms with van der Waals surface area (Å²) in [6.45, 7) is 8.44. The number of anilines is 1. The number of hydrogen-bond acceptors (Lipinski definition) is 5. The Kier molecular flexibility index (Phi) is 4.50. The van der Waals surface area contributed by atoms with E-state index in [0.717, 1.165) is 18.9 Å². The van der Waals surface area contributed by atoms with Crippen LogP contribution in [0.15, 0.2) is 18.3 Å². The fourth-order valence-corrected chi connectivity index (χ4v) is 1.93. The summed E-state index contributed by atoms with van der Waals surface area (Å²) in [4.78, 5) is 23.6. The van der Waals surface area contributed by atoms with Crippen molar-refractivity contribution in [3.8, 4) is 0 Å². The molecule has 1 aromatic rings. The van der Waals surface area contributed by atoms with Crippen molar-refractivity contribution in [1.29, 1.82) is 0 Å². The van der Waals surface area contributed by atoms with Crippen LogP contribution in [0.2, 0.25) is 5.02 Å². The van der Waals surface area contributed by atoms with Crippen LogP contribution in [0, 0.1) is 5.41 Å². The maximum Gasteiger partial charge on any atom is 0.330 e. The van der Waals surface area contributed by atoms with E-state index in [1.54, 1.807) is 11.3 Å². The van der Waals surface area contributed by atoms with Gasteiger partial charge in [0.05, 0.1) is 23.5 Å². The minimum absolute atomic E-state index is 0.199. The molecule has 0 N–H and O–H groups in total. The average molecular weight is 298 g/mol. The van der Waals surface area contributed by atoms with Gasteiger partial charge in [-0.1, -0.05) is 11.6 Å². The molecule has 1 aliphatic rings. The van der Waals surface area contributed by atoms with Crippen molar-refractivity contribution in [2.24, 2.45) is 5.41 Å². The first-order chi connectivity index (χ1) is 9.36. The van der Waals surface area contributed by atoms with Crippen LogP contribution >= 0.6 is 11.6 Å². The van der Waals surface area contributed by atoms with Gasteiger partial charge in [0.15, 0.2) is 0 Å². The molecule has 0 aromatic carbocycles. The fourth-order valence-electron chi connectivity index (χ4n) is 1.82. The molecule has 0 radical (unpaired) electrons. The van der Waals surface area contributed by atoms with Gasteiger partial charge in [0.25, 0.3) is 0 Å². The van der Waals surface area contributed by atoms with Gasteiger partial charge in [-0.15, -0.1) is 5.06 Å². The van der Waals surface area contributed by atoms with Crippen molar-refractivity contribution in [2.45, 2.75) is 20.8 Å². The number of piperazine rings is 1. The molecule has 110 valence electrons. The van der Waals surface area contributed by atoms with Crippen molar-refractivity contribution in [1.82, 2.24) is 10.0 Å². The lowest BCUT2D eigenvalue weighted by atomic mass is 9.98. The Morgan fingerprint density at radius 1 is 1.25 bits per heavy atom. The van der Waals surface area contributed by atoms with Gasteiger partial charge in [0.2, 0.25) is 0 Å². The zero-order valence-corrected chi connectivity index (χ0v) is 12.9. The quantitative estimate of drug-likeness (QED) is 0.838. The Balaban J connectivity index is 1.86. The Labute approximate surface area is 124 Å². The fraction of sp³-hybridized carbons (Fsp3) is 0.571. The van der Waals surface area contributed by atoms with E-state index in [2.05, 4.69) is 9.88 Å². The van der Waals surface area contributed by atoms with Crippen molar-refractivity contribution < 1.29 is 9.63 Å². The first-order valence-corrected chi connectivity index (χ1v) is 7.08. The highest BCUT2D eigenvalue weighted by Crippen LogP contribution is 2.19. The van der Waals surface area contributed by atoms with Crippen LogP contribution in [0.25, 0.3) is 0 Å². The van der Waals surface area contributed by atoms with Gasteiger partial charge in [-0.05, 0) is 32.9 Å². The Morgan fingerprint density at radius 2 is 1.90 bits per heavy atom. The number of aromatic nitrogens is 1. The van der Waals surface area contributed by atoms with Gasteiger partial charge in [-0.2, -0.15) is 0 Å². The molecular formula is C14H20ClN3O2. The maximum atomic E-state index is 11.8. The molecule has 2 heterocycles. The molecule has 0 aliphatic carbocycles. The highest BCUT2D eigenvalue weighted by atomic mass is 35.5. The highest BCUT2D eigenvalue weighted by Gasteiger charge is 2.28. The Hall–Kier alpha value is -1.33. The van der Waals surface area contributed by atoms with Crippen LogP contribution in [0.4, 0.5) is 5.82 Å².